The molecule has 0 radical (unpaired) electrons. The zero-order valence-corrected chi connectivity index (χ0v) is 15.4. The summed E-state index contributed by atoms with van der Waals surface area (Å²) in [6.45, 7) is 8.55. The monoisotopic (exact) mass is 353 g/mol. The fourth-order valence-electron chi connectivity index (χ4n) is 2.99. The Kier molecular flexibility index (Phi) is 6.90. The quantitative estimate of drug-likeness (QED) is 0.817. The number of nitrogens with two attached hydrogens (primary N) is 1. The Morgan fingerprint density at radius 3 is 2.46 bits per heavy atom. The third-order valence-electron chi connectivity index (χ3n) is 4.41. The highest BCUT2D eigenvalue weighted by Gasteiger charge is 2.33. The molecule has 2 rings (SSSR count). The highest BCUT2D eigenvalue weighted by Crippen LogP contribution is 2.16. The molecule has 1 aromatic carbocycles. The topological polar surface area (TPSA) is 58.8 Å². The fraction of sp³-hybridized carbons (Fsp3) is 0.611. The van der Waals surface area contributed by atoms with Crippen molar-refractivity contribution in [1.29, 1.82) is 0 Å². The van der Waals surface area contributed by atoms with Crippen LogP contribution in [0.15, 0.2) is 24.3 Å². The number of hydrogen-bond acceptors (Lipinski definition) is 4. The van der Waals surface area contributed by atoms with E-state index in [1.54, 1.807) is 0 Å². The summed E-state index contributed by atoms with van der Waals surface area (Å²) < 4.78 is 5.72. The van der Waals surface area contributed by atoms with Gasteiger partial charge in [0.1, 0.15) is 12.4 Å². The molecule has 1 aromatic rings. The van der Waals surface area contributed by atoms with Gasteiger partial charge in [-0.1, -0.05) is 24.9 Å². The largest absolute Gasteiger partial charge is 0.492 e. The minimum atomic E-state index is -0.741. The Balaban J connectivity index is 1.71. The molecule has 5 nitrogen and oxygen atoms in total. The molecule has 134 valence electrons. The third kappa shape index (κ3) is 5.36. The summed E-state index contributed by atoms with van der Waals surface area (Å²) in [5.41, 5.74) is 5.42. The first-order valence-electron chi connectivity index (χ1n) is 8.61. The molecule has 1 aliphatic rings. The van der Waals surface area contributed by atoms with Crippen LogP contribution in [0.3, 0.4) is 0 Å². The van der Waals surface area contributed by atoms with E-state index < -0.39 is 5.54 Å². The predicted octanol–water partition coefficient (Wildman–Crippen LogP) is 2.38. The van der Waals surface area contributed by atoms with Crippen molar-refractivity contribution in [2.24, 2.45) is 5.73 Å². The summed E-state index contributed by atoms with van der Waals surface area (Å²) in [6.07, 6.45) is 1.64. The average molecular weight is 354 g/mol. The van der Waals surface area contributed by atoms with Gasteiger partial charge in [-0.2, -0.15) is 0 Å². The first kappa shape index (κ1) is 19.0. The van der Waals surface area contributed by atoms with Gasteiger partial charge >= 0.3 is 0 Å². The number of amides is 1. The number of hydrogen-bond donors (Lipinski definition) is 1. The zero-order chi connectivity index (χ0) is 17.6. The molecule has 0 bridgehead atoms. The number of nitrogens with zero attached hydrogens (tertiary/aromatic N) is 2. The van der Waals surface area contributed by atoms with Crippen LogP contribution < -0.4 is 10.5 Å². The van der Waals surface area contributed by atoms with Crippen molar-refractivity contribution in [3.8, 4) is 5.75 Å². The van der Waals surface area contributed by atoms with Gasteiger partial charge in [0.05, 0.1) is 5.54 Å². The van der Waals surface area contributed by atoms with Crippen molar-refractivity contribution >= 4 is 17.5 Å². The lowest BCUT2D eigenvalue weighted by molar-refractivity contribution is -0.138. The van der Waals surface area contributed by atoms with Gasteiger partial charge in [0.2, 0.25) is 5.91 Å². The Labute approximate surface area is 149 Å². The summed E-state index contributed by atoms with van der Waals surface area (Å²) in [5.74, 6) is 0.896. The predicted molar refractivity (Wildman–Crippen MR) is 97.5 cm³/mol. The molecule has 1 saturated heterocycles. The van der Waals surface area contributed by atoms with Gasteiger partial charge in [-0.25, -0.2) is 0 Å². The molecule has 1 unspecified atom stereocenters. The molecule has 1 aliphatic heterocycles. The van der Waals surface area contributed by atoms with Gasteiger partial charge < -0.3 is 15.4 Å². The van der Waals surface area contributed by atoms with Crippen LogP contribution in [0, 0.1) is 0 Å². The minimum absolute atomic E-state index is 0.0708. The highest BCUT2D eigenvalue weighted by molar-refractivity contribution is 6.30. The molecule has 1 atom stereocenters. The second-order valence-corrected chi connectivity index (χ2v) is 7.04. The second kappa shape index (κ2) is 8.70. The molecule has 1 heterocycles. The number of ether oxygens (including phenoxy) is 1. The van der Waals surface area contributed by atoms with E-state index in [-0.39, 0.29) is 5.91 Å². The number of benzene rings is 1. The highest BCUT2D eigenvalue weighted by atomic mass is 35.5. The molecule has 24 heavy (non-hydrogen) atoms. The summed E-state index contributed by atoms with van der Waals surface area (Å²) >= 11 is 5.85. The Bertz CT molecular complexity index is 526. The van der Waals surface area contributed by atoms with E-state index in [0.29, 0.717) is 11.6 Å². The molecule has 2 N–H and O–H groups in total. The van der Waals surface area contributed by atoms with Crippen LogP contribution in [0.4, 0.5) is 0 Å². The standard InChI is InChI=1S/C18H28ClN3O2/c1-3-8-18(2,20)17(23)22-11-9-21(10-12-22)13-14-24-16-6-4-15(19)5-7-16/h4-7H,3,8-14,20H2,1-2H3. The minimum Gasteiger partial charge on any atom is -0.492 e. The normalized spacial score (nSPS) is 18.2. The van der Waals surface area contributed by atoms with Crippen LogP contribution in [0.1, 0.15) is 26.7 Å². The maximum Gasteiger partial charge on any atom is 0.242 e. The number of rotatable bonds is 7. The molecule has 0 saturated carbocycles. The van der Waals surface area contributed by atoms with Crippen LogP contribution in [0.5, 0.6) is 5.75 Å². The SMILES string of the molecule is CCCC(C)(N)C(=O)N1CCN(CCOc2ccc(Cl)cc2)CC1. The molecule has 1 fully saturated rings. The Hall–Kier alpha value is -1.30. The number of halogens is 1. The molecule has 0 aromatic heterocycles. The number of piperazine rings is 1. The van der Waals surface area contributed by atoms with E-state index in [1.165, 1.54) is 0 Å². The fourth-order valence-corrected chi connectivity index (χ4v) is 3.11. The van der Waals surface area contributed by atoms with Gasteiger partial charge in [0, 0.05) is 37.7 Å². The zero-order valence-electron chi connectivity index (χ0n) is 14.6. The first-order chi connectivity index (χ1) is 11.4. The van der Waals surface area contributed by atoms with Crippen molar-refractivity contribution in [3.63, 3.8) is 0 Å². The average Bonchev–Trinajstić information content (AvgIpc) is 2.56. The van der Waals surface area contributed by atoms with E-state index in [9.17, 15) is 4.79 Å². The molecule has 6 heteroatoms. The lowest BCUT2D eigenvalue weighted by Crippen LogP contribution is -2.58. The molecular weight excluding hydrogens is 326 g/mol. The van der Waals surface area contributed by atoms with Crippen molar-refractivity contribution in [2.45, 2.75) is 32.2 Å². The first-order valence-corrected chi connectivity index (χ1v) is 8.99. The maximum atomic E-state index is 12.5. The van der Waals surface area contributed by atoms with Crippen LogP contribution in [0.2, 0.25) is 5.02 Å². The van der Waals surface area contributed by atoms with Crippen LogP contribution in [-0.2, 0) is 4.79 Å². The molecule has 1 amide bonds. The van der Waals surface area contributed by atoms with Crippen molar-refractivity contribution < 1.29 is 9.53 Å². The van der Waals surface area contributed by atoms with E-state index in [4.69, 9.17) is 22.1 Å². The lowest BCUT2D eigenvalue weighted by Gasteiger charge is -2.38. The van der Waals surface area contributed by atoms with E-state index >= 15 is 0 Å². The molecule has 0 aliphatic carbocycles. The van der Waals surface area contributed by atoms with Crippen molar-refractivity contribution in [3.05, 3.63) is 29.3 Å². The number of carbonyl (C=O) groups is 1. The van der Waals surface area contributed by atoms with E-state index in [2.05, 4.69) is 11.8 Å². The smallest absolute Gasteiger partial charge is 0.242 e. The van der Waals surface area contributed by atoms with Crippen molar-refractivity contribution in [2.75, 3.05) is 39.3 Å². The Morgan fingerprint density at radius 2 is 1.88 bits per heavy atom. The summed E-state index contributed by atoms with van der Waals surface area (Å²) in [5, 5.41) is 0.707. The van der Waals surface area contributed by atoms with Crippen LogP contribution in [-0.4, -0.2) is 60.6 Å². The van der Waals surface area contributed by atoms with E-state index in [0.717, 1.165) is 51.3 Å². The Morgan fingerprint density at radius 1 is 1.25 bits per heavy atom. The van der Waals surface area contributed by atoms with Crippen LogP contribution in [0.25, 0.3) is 0 Å². The third-order valence-corrected chi connectivity index (χ3v) is 4.66. The van der Waals surface area contributed by atoms with Crippen molar-refractivity contribution in [1.82, 2.24) is 9.80 Å². The summed E-state index contributed by atoms with van der Waals surface area (Å²) in [6, 6.07) is 7.38. The van der Waals surface area contributed by atoms with E-state index in [1.807, 2.05) is 36.1 Å². The molecular formula is C18H28ClN3O2. The number of carbonyl (C=O) groups excluding carboxylic acids is 1. The lowest BCUT2D eigenvalue weighted by atomic mass is 9.95. The van der Waals surface area contributed by atoms with Gasteiger partial charge in [-0.05, 0) is 37.6 Å². The molecule has 0 spiro atoms. The second-order valence-electron chi connectivity index (χ2n) is 6.60. The van der Waals surface area contributed by atoms with Gasteiger partial charge in [-0.3, -0.25) is 9.69 Å². The van der Waals surface area contributed by atoms with Crippen LogP contribution >= 0.6 is 11.6 Å². The summed E-state index contributed by atoms with van der Waals surface area (Å²) in [7, 11) is 0. The van der Waals surface area contributed by atoms with Gasteiger partial charge in [0.25, 0.3) is 0 Å². The van der Waals surface area contributed by atoms with Gasteiger partial charge in [0.15, 0.2) is 0 Å². The van der Waals surface area contributed by atoms with Gasteiger partial charge in [-0.15, -0.1) is 0 Å². The summed E-state index contributed by atoms with van der Waals surface area (Å²) in [4.78, 5) is 16.7. The maximum absolute atomic E-state index is 12.5.